The van der Waals surface area contributed by atoms with Crippen molar-refractivity contribution in [3.8, 4) is 0 Å². The van der Waals surface area contributed by atoms with E-state index in [0.29, 0.717) is 5.92 Å². The monoisotopic (exact) mass is 349 g/mol. The van der Waals surface area contributed by atoms with Crippen LogP contribution in [0.25, 0.3) is 0 Å². The molecule has 23 heavy (non-hydrogen) atoms. The normalized spacial score (nSPS) is 19.0. The number of thiazole rings is 1. The molecular formula is C17H23N3OS2. The number of carbonyl (C=O) groups excluding carboxylic acids is 1. The van der Waals surface area contributed by atoms with Crippen LogP contribution in [0.5, 0.6) is 0 Å². The Morgan fingerprint density at radius 3 is 3.04 bits per heavy atom. The second kappa shape index (κ2) is 7.55. The number of thiophene rings is 1. The highest BCUT2D eigenvalue weighted by atomic mass is 32.1. The molecule has 1 fully saturated rings. The van der Waals surface area contributed by atoms with Crippen molar-refractivity contribution in [2.24, 2.45) is 5.92 Å². The molecule has 0 saturated carbocycles. The van der Waals surface area contributed by atoms with E-state index in [4.69, 9.17) is 0 Å². The summed E-state index contributed by atoms with van der Waals surface area (Å²) in [6.07, 6.45) is 2.41. The predicted octanol–water partition coefficient (Wildman–Crippen LogP) is 3.46. The van der Waals surface area contributed by atoms with Gasteiger partial charge in [0.2, 0.25) is 0 Å². The van der Waals surface area contributed by atoms with Crippen LogP contribution in [0.4, 0.5) is 0 Å². The number of carbonyl (C=O) groups is 1. The fraction of sp³-hybridized carbons (Fsp3) is 0.529. The summed E-state index contributed by atoms with van der Waals surface area (Å²) < 4.78 is 0. The Balaban J connectivity index is 1.50. The Morgan fingerprint density at radius 1 is 1.48 bits per heavy atom. The van der Waals surface area contributed by atoms with Gasteiger partial charge in [0.05, 0.1) is 10.7 Å². The fourth-order valence-corrected chi connectivity index (χ4v) is 4.73. The zero-order chi connectivity index (χ0) is 16.2. The number of piperidine rings is 1. The maximum absolute atomic E-state index is 12.3. The molecule has 0 unspecified atom stereocenters. The van der Waals surface area contributed by atoms with Crippen molar-refractivity contribution in [1.29, 1.82) is 0 Å². The van der Waals surface area contributed by atoms with Crippen molar-refractivity contribution < 1.29 is 4.79 Å². The number of amides is 1. The first-order valence-electron chi connectivity index (χ1n) is 8.09. The van der Waals surface area contributed by atoms with Gasteiger partial charge in [0.15, 0.2) is 0 Å². The van der Waals surface area contributed by atoms with E-state index in [2.05, 4.69) is 32.7 Å². The minimum absolute atomic E-state index is 0.0310. The molecule has 2 aromatic rings. The molecule has 0 aromatic carbocycles. The third kappa shape index (κ3) is 4.40. The molecule has 1 atom stereocenters. The molecular weight excluding hydrogens is 326 g/mol. The summed E-state index contributed by atoms with van der Waals surface area (Å²) >= 11 is 3.30. The summed E-state index contributed by atoms with van der Waals surface area (Å²) in [5.74, 6) is 0.575. The average Bonchev–Trinajstić information content (AvgIpc) is 3.14. The summed E-state index contributed by atoms with van der Waals surface area (Å²) in [6, 6.07) is 4.31. The van der Waals surface area contributed by atoms with Crippen molar-refractivity contribution in [2.75, 3.05) is 19.6 Å². The van der Waals surface area contributed by atoms with Crippen molar-refractivity contribution in [1.82, 2.24) is 15.2 Å². The van der Waals surface area contributed by atoms with E-state index in [1.54, 1.807) is 0 Å². The van der Waals surface area contributed by atoms with E-state index >= 15 is 0 Å². The summed E-state index contributed by atoms with van der Waals surface area (Å²) in [4.78, 5) is 21.3. The van der Waals surface area contributed by atoms with Crippen LogP contribution in [0.3, 0.4) is 0 Å². The smallest absolute Gasteiger partial charge is 0.263 e. The number of hydrogen-bond donors (Lipinski definition) is 1. The predicted molar refractivity (Wildman–Crippen MR) is 96.2 cm³/mol. The van der Waals surface area contributed by atoms with E-state index in [1.165, 1.54) is 29.1 Å². The van der Waals surface area contributed by atoms with Gasteiger partial charge in [-0.15, -0.1) is 22.7 Å². The minimum atomic E-state index is 0.0310. The van der Waals surface area contributed by atoms with E-state index in [0.717, 1.165) is 41.8 Å². The molecule has 1 aliphatic heterocycles. The quantitative estimate of drug-likeness (QED) is 0.899. The van der Waals surface area contributed by atoms with Gasteiger partial charge in [0.25, 0.3) is 5.91 Å². The van der Waals surface area contributed by atoms with Crippen LogP contribution in [-0.4, -0.2) is 35.4 Å². The molecule has 3 heterocycles. The van der Waals surface area contributed by atoms with Gasteiger partial charge in [0, 0.05) is 24.5 Å². The zero-order valence-electron chi connectivity index (χ0n) is 13.7. The van der Waals surface area contributed by atoms with E-state index in [9.17, 15) is 4.79 Å². The molecule has 0 aliphatic carbocycles. The van der Waals surface area contributed by atoms with E-state index in [1.807, 2.05) is 25.2 Å². The summed E-state index contributed by atoms with van der Waals surface area (Å²) in [6.45, 7) is 7.87. The largest absolute Gasteiger partial charge is 0.351 e. The lowest BCUT2D eigenvalue weighted by Crippen LogP contribution is -2.40. The molecule has 1 N–H and O–H groups in total. The van der Waals surface area contributed by atoms with Crippen LogP contribution in [0, 0.1) is 19.8 Å². The highest BCUT2D eigenvalue weighted by molar-refractivity contribution is 7.13. The number of aromatic nitrogens is 1. The van der Waals surface area contributed by atoms with Gasteiger partial charge in [-0.25, -0.2) is 4.98 Å². The molecule has 2 aromatic heterocycles. The van der Waals surface area contributed by atoms with Gasteiger partial charge in [-0.05, 0) is 50.6 Å². The van der Waals surface area contributed by atoms with Crippen molar-refractivity contribution >= 4 is 28.6 Å². The molecule has 0 bridgehead atoms. The Bertz CT molecular complexity index is 651. The molecule has 1 saturated heterocycles. The molecule has 3 rings (SSSR count). The first kappa shape index (κ1) is 16.6. The second-order valence-electron chi connectivity index (χ2n) is 6.18. The number of rotatable bonds is 5. The molecule has 0 spiro atoms. The Labute approximate surface area is 145 Å². The highest BCUT2D eigenvalue weighted by Gasteiger charge is 2.22. The molecule has 124 valence electrons. The van der Waals surface area contributed by atoms with Crippen LogP contribution >= 0.6 is 22.7 Å². The van der Waals surface area contributed by atoms with Crippen LogP contribution in [0.2, 0.25) is 0 Å². The topological polar surface area (TPSA) is 45.2 Å². The van der Waals surface area contributed by atoms with Gasteiger partial charge in [-0.2, -0.15) is 0 Å². The number of nitrogens with zero attached hydrogens (tertiary/aromatic N) is 2. The van der Waals surface area contributed by atoms with Gasteiger partial charge in [0.1, 0.15) is 4.88 Å². The van der Waals surface area contributed by atoms with Crippen molar-refractivity contribution in [2.45, 2.75) is 33.2 Å². The lowest BCUT2D eigenvalue weighted by Gasteiger charge is -2.32. The number of hydrogen-bond acceptors (Lipinski definition) is 5. The molecule has 0 radical (unpaired) electrons. The maximum Gasteiger partial charge on any atom is 0.263 e. The molecule has 1 amide bonds. The lowest BCUT2D eigenvalue weighted by atomic mass is 9.98. The third-order valence-electron chi connectivity index (χ3n) is 4.22. The number of nitrogens with one attached hydrogen (secondary N) is 1. The summed E-state index contributed by atoms with van der Waals surface area (Å²) in [5.41, 5.74) is 0.841. The Hall–Kier alpha value is -1.24. The van der Waals surface area contributed by atoms with Crippen LogP contribution in [-0.2, 0) is 6.54 Å². The second-order valence-corrected chi connectivity index (χ2v) is 8.42. The van der Waals surface area contributed by atoms with Gasteiger partial charge < -0.3 is 5.32 Å². The summed E-state index contributed by atoms with van der Waals surface area (Å²) in [7, 11) is 0. The fourth-order valence-electron chi connectivity index (χ4n) is 3.14. The van der Waals surface area contributed by atoms with Gasteiger partial charge >= 0.3 is 0 Å². The summed E-state index contributed by atoms with van der Waals surface area (Å²) in [5, 5.41) is 6.20. The first-order valence-corrected chi connectivity index (χ1v) is 9.78. The standard InChI is InChI=1S/C17H23N3OS2/c1-12-16(23-13(2)19-12)17(21)18-9-14-5-3-7-20(10-14)11-15-6-4-8-22-15/h4,6,8,14H,3,5,7,9-11H2,1-2H3,(H,18,21)/t14-/m0/s1. The average molecular weight is 350 g/mol. The Morgan fingerprint density at radius 2 is 2.35 bits per heavy atom. The van der Waals surface area contributed by atoms with Crippen LogP contribution in [0.1, 0.15) is 38.1 Å². The SMILES string of the molecule is Cc1nc(C)c(C(=O)NC[C@@H]2CCCN(Cc3cccs3)C2)s1. The minimum Gasteiger partial charge on any atom is -0.351 e. The van der Waals surface area contributed by atoms with Gasteiger partial charge in [-0.3, -0.25) is 9.69 Å². The lowest BCUT2D eigenvalue weighted by molar-refractivity contribution is 0.0934. The van der Waals surface area contributed by atoms with Crippen LogP contribution in [0.15, 0.2) is 17.5 Å². The first-order chi connectivity index (χ1) is 11.1. The highest BCUT2D eigenvalue weighted by Crippen LogP contribution is 2.21. The van der Waals surface area contributed by atoms with Crippen molar-refractivity contribution in [3.05, 3.63) is 38.0 Å². The van der Waals surface area contributed by atoms with Crippen molar-refractivity contribution in [3.63, 3.8) is 0 Å². The van der Waals surface area contributed by atoms with E-state index in [-0.39, 0.29) is 5.91 Å². The Kier molecular flexibility index (Phi) is 5.46. The van der Waals surface area contributed by atoms with Crippen LogP contribution < -0.4 is 5.32 Å². The molecule has 6 heteroatoms. The maximum atomic E-state index is 12.3. The number of likely N-dealkylation sites (tertiary alicyclic amines) is 1. The number of aryl methyl sites for hydroxylation is 2. The zero-order valence-corrected chi connectivity index (χ0v) is 15.3. The molecule has 4 nitrogen and oxygen atoms in total. The third-order valence-corrected chi connectivity index (χ3v) is 6.16. The molecule has 1 aliphatic rings. The van der Waals surface area contributed by atoms with Gasteiger partial charge in [-0.1, -0.05) is 6.07 Å². The van der Waals surface area contributed by atoms with E-state index < -0.39 is 0 Å².